The van der Waals surface area contributed by atoms with E-state index in [-0.39, 0.29) is 30.6 Å². The summed E-state index contributed by atoms with van der Waals surface area (Å²) in [5.74, 6) is -0.756. The van der Waals surface area contributed by atoms with Gasteiger partial charge in [-0.25, -0.2) is 4.68 Å². The van der Waals surface area contributed by atoms with Crippen molar-refractivity contribution in [3.05, 3.63) is 113 Å². The minimum Gasteiger partial charge on any atom is -0.394 e. The molecule has 0 aliphatic carbocycles. The maximum Gasteiger partial charge on any atom is 0.435 e. The van der Waals surface area contributed by atoms with Crippen LogP contribution in [0.1, 0.15) is 52.8 Å². The van der Waals surface area contributed by atoms with Crippen molar-refractivity contribution in [2.75, 3.05) is 11.9 Å². The van der Waals surface area contributed by atoms with Gasteiger partial charge in [0, 0.05) is 23.8 Å². The Hall–Kier alpha value is -3.99. The Labute approximate surface area is 224 Å². The molecule has 1 atom stereocenters. The van der Waals surface area contributed by atoms with Gasteiger partial charge in [0.1, 0.15) is 5.69 Å². The molecule has 1 heterocycles. The van der Waals surface area contributed by atoms with E-state index >= 15 is 0 Å². The topological polar surface area (TPSA) is 105 Å². The summed E-state index contributed by atoms with van der Waals surface area (Å²) in [5, 5.41) is 19.7. The minimum absolute atomic E-state index is 0.107. The van der Waals surface area contributed by atoms with E-state index in [4.69, 9.17) is 5.73 Å². The predicted molar refractivity (Wildman–Crippen MR) is 143 cm³/mol. The average molecular weight is 538 g/mol. The van der Waals surface area contributed by atoms with E-state index in [1.807, 2.05) is 50.2 Å². The Morgan fingerprint density at radius 2 is 1.67 bits per heavy atom. The van der Waals surface area contributed by atoms with Gasteiger partial charge < -0.3 is 16.2 Å². The van der Waals surface area contributed by atoms with E-state index in [0.717, 1.165) is 21.9 Å². The number of hydrogen-bond donors (Lipinski definition) is 4. The molecule has 3 aromatic carbocycles. The predicted octanol–water partition coefficient (Wildman–Crippen LogP) is 5.05. The monoisotopic (exact) mass is 537 g/mol. The number of nitrogens with two attached hydrogens (primary N) is 1. The number of hydrogen-bond acceptors (Lipinski definition) is 5. The van der Waals surface area contributed by atoms with Crippen LogP contribution in [0, 0.1) is 0 Å². The lowest BCUT2D eigenvalue weighted by Gasteiger charge is -2.31. The first-order valence-electron chi connectivity index (χ1n) is 12.3. The highest BCUT2D eigenvalue weighted by Gasteiger charge is 2.36. The summed E-state index contributed by atoms with van der Waals surface area (Å²) < 4.78 is 41.6. The molecule has 7 nitrogen and oxygen atoms in total. The summed E-state index contributed by atoms with van der Waals surface area (Å²) in [7, 11) is 0. The van der Waals surface area contributed by atoms with Crippen molar-refractivity contribution in [3.8, 4) is 5.69 Å². The third-order valence-electron chi connectivity index (χ3n) is 6.16. The lowest BCUT2D eigenvalue weighted by Crippen LogP contribution is -2.45. The second-order valence-electron chi connectivity index (χ2n) is 9.81. The molecule has 5 N–H and O–H groups in total. The highest BCUT2D eigenvalue weighted by atomic mass is 19.4. The number of carbonyl (C=O) groups excluding carboxylic acids is 1. The van der Waals surface area contributed by atoms with Crippen LogP contribution in [0.5, 0.6) is 0 Å². The molecule has 0 radical (unpaired) electrons. The van der Waals surface area contributed by atoms with Gasteiger partial charge in [0.25, 0.3) is 5.91 Å². The second-order valence-corrected chi connectivity index (χ2v) is 9.81. The molecule has 0 saturated heterocycles. The minimum atomic E-state index is -4.74. The Morgan fingerprint density at radius 3 is 2.33 bits per heavy atom. The zero-order chi connectivity index (χ0) is 28.2. The summed E-state index contributed by atoms with van der Waals surface area (Å²) in [4.78, 5) is 13.3. The van der Waals surface area contributed by atoms with Crippen LogP contribution in [0.15, 0.2) is 84.9 Å². The van der Waals surface area contributed by atoms with Gasteiger partial charge in [0.05, 0.1) is 18.3 Å². The van der Waals surface area contributed by atoms with Crippen molar-refractivity contribution in [2.24, 2.45) is 5.73 Å². The molecule has 0 spiro atoms. The maximum atomic E-state index is 13.5. The van der Waals surface area contributed by atoms with Crippen molar-refractivity contribution in [1.29, 1.82) is 0 Å². The molecule has 0 saturated carbocycles. The number of carbonyl (C=O) groups is 1. The molecular formula is C29H30F3N5O2. The van der Waals surface area contributed by atoms with Crippen LogP contribution in [-0.2, 0) is 12.7 Å². The fourth-order valence-corrected chi connectivity index (χ4v) is 4.13. The van der Waals surface area contributed by atoms with Crippen LogP contribution in [0.4, 0.5) is 18.9 Å². The van der Waals surface area contributed by atoms with Gasteiger partial charge >= 0.3 is 6.18 Å². The van der Waals surface area contributed by atoms with Gasteiger partial charge in [-0.1, -0.05) is 54.6 Å². The van der Waals surface area contributed by atoms with Crippen LogP contribution in [-0.4, -0.2) is 32.9 Å². The SMILES string of the molecule is CC(C)(CO)NC(c1ccccc1)c1cccc(NC(=O)c2cc(C(F)(F)F)nn2-c2cccc(CN)c2)c1. The van der Waals surface area contributed by atoms with Crippen molar-refractivity contribution >= 4 is 11.6 Å². The van der Waals surface area contributed by atoms with Gasteiger partial charge in [0.2, 0.25) is 0 Å². The Morgan fingerprint density at radius 1 is 0.974 bits per heavy atom. The zero-order valence-corrected chi connectivity index (χ0v) is 21.5. The molecule has 204 valence electrons. The molecule has 0 fully saturated rings. The number of halogens is 3. The first-order valence-corrected chi connectivity index (χ1v) is 12.3. The Kier molecular flexibility index (Phi) is 8.19. The van der Waals surface area contributed by atoms with Crippen LogP contribution in [0.25, 0.3) is 5.69 Å². The number of aliphatic hydroxyl groups is 1. The summed E-state index contributed by atoms with van der Waals surface area (Å²) in [6.07, 6.45) is -4.74. The van der Waals surface area contributed by atoms with Crippen LogP contribution in [0.3, 0.4) is 0 Å². The zero-order valence-electron chi connectivity index (χ0n) is 21.5. The third-order valence-corrected chi connectivity index (χ3v) is 6.16. The number of nitrogens with zero attached hydrogens (tertiary/aromatic N) is 2. The van der Waals surface area contributed by atoms with Gasteiger partial charge in [-0.05, 0) is 54.8 Å². The van der Waals surface area contributed by atoms with Crippen LogP contribution in [0.2, 0.25) is 0 Å². The van der Waals surface area contributed by atoms with Crippen LogP contribution >= 0.6 is 0 Å². The molecule has 0 aliphatic heterocycles. The smallest absolute Gasteiger partial charge is 0.394 e. The van der Waals surface area contributed by atoms with E-state index in [1.54, 1.807) is 42.5 Å². The highest BCUT2D eigenvalue weighted by Crippen LogP contribution is 2.31. The summed E-state index contributed by atoms with van der Waals surface area (Å²) in [6.45, 7) is 3.81. The average Bonchev–Trinajstić information content (AvgIpc) is 3.39. The number of aliphatic hydroxyl groups excluding tert-OH is 1. The van der Waals surface area contributed by atoms with E-state index in [0.29, 0.717) is 11.3 Å². The second kappa shape index (κ2) is 11.4. The molecule has 0 bridgehead atoms. The number of alkyl halides is 3. The normalized spacial score (nSPS) is 12.8. The molecule has 39 heavy (non-hydrogen) atoms. The van der Waals surface area contributed by atoms with Gasteiger partial charge in [-0.15, -0.1) is 0 Å². The largest absolute Gasteiger partial charge is 0.435 e. The van der Waals surface area contributed by atoms with E-state index in [2.05, 4.69) is 15.7 Å². The fraction of sp³-hybridized carbons (Fsp3) is 0.241. The summed E-state index contributed by atoms with van der Waals surface area (Å²) in [5.41, 5.74) is 6.71. The molecule has 10 heteroatoms. The van der Waals surface area contributed by atoms with Crippen molar-refractivity contribution in [3.63, 3.8) is 0 Å². The van der Waals surface area contributed by atoms with Gasteiger partial charge in [-0.3, -0.25) is 10.1 Å². The highest BCUT2D eigenvalue weighted by molar-refractivity contribution is 6.03. The quantitative estimate of drug-likeness (QED) is 0.239. The maximum absolute atomic E-state index is 13.5. The summed E-state index contributed by atoms with van der Waals surface area (Å²) in [6, 6.07) is 23.5. The molecule has 1 unspecified atom stereocenters. The van der Waals surface area contributed by atoms with E-state index in [1.165, 1.54) is 0 Å². The van der Waals surface area contributed by atoms with E-state index in [9.17, 15) is 23.1 Å². The lowest BCUT2D eigenvalue weighted by atomic mass is 9.94. The number of anilines is 1. The van der Waals surface area contributed by atoms with Crippen LogP contribution < -0.4 is 16.4 Å². The number of nitrogens with one attached hydrogen (secondary N) is 2. The van der Waals surface area contributed by atoms with Gasteiger partial charge in [0.15, 0.2) is 5.69 Å². The van der Waals surface area contributed by atoms with E-state index < -0.39 is 23.3 Å². The molecule has 1 aromatic heterocycles. The van der Waals surface area contributed by atoms with Crippen molar-refractivity contribution in [1.82, 2.24) is 15.1 Å². The van der Waals surface area contributed by atoms with Crippen molar-refractivity contribution in [2.45, 2.75) is 38.1 Å². The Bertz CT molecular complexity index is 1430. The number of benzene rings is 3. The molecule has 4 aromatic rings. The number of aromatic nitrogens is 2. The molecule has 1 amide bonds. The lowest BCUT2D eigenvalue weighted by molar-refractivity contribution is -0.141. The third kappa shape index (κ3) is 6.72. The first-order chi connectivity index (χ1) is 18.5. The van der Waals surface area contributed by atoms with Crippen molar-refractivity contribution < 1.29 is 23.1 Å². The number of rotatable bonds is 9. The first kappa shape index (κ1) is 28.0. The standard InChI is InChI=1S/C29H30F3N5O2/c1-28(2,18-38)35-26(20-9-4-3-5-10-20)21-11-7-12-22(15-21)34-27(39)24-16-25(29(30,31)32)36-37(24)23-13-6-8-19(14-23)17-33/h3-16,26,35,38H,17-18,33H2,1-2H3,(H,34,39). The fourth-order valence-electron chi connectivity index (χ4n) is 4.13. The molecule has 0 aliphatic rings. The van der Waals surface area contributed by atoms with Gasteiger partial charge in [-0.2, -0.15) is 18.3 Å². The molecular weight excluding hydrogens is 507 g/mol. The molecule has 4 rings (SSSR count). The summed E-state index contributed by atoms with van der Waals surface area (Å²) >= 11 is 0. The number of amides is 1. The Balaban J connectivity index is 1.69.